The highest BCUT2D eigenvalue weighted by Crippen LogP contribution is 2.19. The molecule has 2 aromatic rings. The number of hydrogen-bond acceptors (Lipinski definition) is 4. The molecule has 2 N–H and O–H groups in total. The molecule has 0 saturated carbocycles. The van der Waals surface area contributed by atoms with Gasteiger partial charge < -0.3 is 15.0 Å². The van der Waals surface area contributed by atoms with E-state index in [1.807, 2.05) is 18.2 Å². The van der Waals surface area contributed by atoms with Gasteiger partial charge in [-0.15, -0.1) is 0 Å². The fourth-order valence-corrected chi connectivity index (χ4v) is 1.81. The number of anilines is 1. The Morgan fingerprint density at radius 3 is 3.18 bits per heavy atom. The Morgan fingerprint density at radius 1 is 1.59 bits per heavy atom. The van der Waals surface area contributed by atoms with Gasteiger partial charge in [-0.1, -0.05) is 15.9 Å². The van der Waals surface area contributed by atoms with Crippen LogP contribution in [0.15, 0.2) is 22.7 Å². The van der Waals surface area contributed by atoms with Crippen molar-refractivity contribution in [3.05, 3.63) is 22.7 Å². The van der Waals surface area contributed by atoms with Crippen LogP contribution in [0.2, 0.25) is 0 Å². The number of halogens is 1. The van der Waals surface area contributed by atoms with Crippen molar-refractivity contribution in [3.63, 3.8) is 0 Å². The normalized spacial score (nSPS) is 10.5. The van der Waals surface area contributed by atoms with Crippen LogP contribution in [0, 0.1) is 0 Å². The number of ether oxygens (including phenoxy) is 1. The number of nitrogens with zero attached hydrogens (tertiary/aromatic N) is 1. The van der Waals surface area contributed by atoms with Gasteiger partial charge in [0, 0.05) is 11.0 Å². The highest BCUT2D eigenvalue weighted by Gasteiger charge is 2.04. The number of fused-ring (bicyclic) bond motifs is 1. The molecule has 0 aliphatic heterocycles. The third-order valence-corrected chi connectivity index (χ3v) is 2.79. The van der Waals surface area contributed by atoms with Crippen molar-refractivity contribution in [3.8, 4) is 0 Å². The number of esters is 1. The average molecular weight is 298 g/mol. The molecule has 0 aliphatic carbocycles. The average Bonchev–Trinajstić information content (AvgIpc) is 2.70. The van der Waals surface area contributed by atoms with Crippen LogP contribution in [0.5, 0.6) is 0 Å². The number of carbonyl (C=O) groups is 1. The molecule has 0 radical (unpaired) electrons. The first kappa shape index (κ1) is 11.9. The first-order valence-electron chi connectivity index (χ1n) is 5.15. The van der Waals surface area contributed by atoms with E-state index in [0.717, 1.165) is 15.5 Å². The van der Waals surface area contributed by atoms with Crippen LogP contribution in [0.3, 0.4) is 0 Å². The SMILES string of the molecule is COC(=O)CCNc1nc2ccc(Br)cc2[nH]1. The fraction of sp³-hybridized carbons (Fsp3) is 0.273. The van der Waals surface area contributed by atoms with Crippen molar-refractivity contribution >= 4 is 38.9 Å². The summed E-state index contributed by atoms with van der Waals surface area (Å²) >= 11 is 3.39. The molecule has 0 fully saturated rings. The Hall–Kier alpha value is -1.56. The van der Waals surface area contributed by atoms with Gasteiger partial charge in [0.15, 0.2) is 0 Å². The monoisotopic (exact) mass is 297 g/mol. The molecular weight excluding hydrogens is 286 g/mol. The van der Waals surface area contributed by atoms with E-state index in [-0.39, 0.29) is 5.97 Å². The third kappa shape index (κ3) is 2.97. The first-order valence-corrected chi connectivity index (χ1v) is 5.94. The Balaban J connectivity index is 2.02. The van der Waals surface area contributed by atoms with Crippen LogP contribution >= 0.6 is 15.9 Å². The van der Waals surface area contributed by atoms with Gasteiger partial charge in [-0.3, -0.25) is 4.79 Å². The summed E-state index contributed by atoms with van der Waals surface area (Å²) in [5.74, 6) is 0.415. The molecule has 0 unspecified atom stereocenters. The van der Waals surface area contributed by atoms with Gasteiger partial charge in [0.1, 0.15) is 0 Å². The molecule has 0 atom stereocenters. The van der Waals surface area contributed by atoms with E-state index >= 15 is 0 Å². The Bertz CT molecular complexity index is 538. The van der Waals surface area contributed by atoms with Crippen LogP contribution in [0.4, 0.5) is 5.95 Å². The summed E-state index contributed by atoms with van der Waals surface area (Å²) < 4.78 is 5.54. The largest absolute Gasteiger partial charge is 0.469 e. The summed E-state index contributed by atoms with van der Waals surface area (Å²) in [6.07, 6.45) is 0.317. The molecular formula is C11H12BrN3O2. The van der Waals surface area contributed by atoms with Crippen LogP contribution < -0.4 is 5.32 Å². The zero-order valence-electron chi connectivity index (χ0n) is 9.29. The summed E-state index contributed by atoms with van der Waals surface area (Å²) in [4.78, 5) is 18.4. The molecule has 0 spiro atoms. The highest BCUT2D eigenvalue weighted by atomic mass is 79.9. The lowest BCUT2D eigenvalue weighted by Crippen LogP contribution is -2.10. The molecule has 90 valence electrons. The number of aromatic nitrogens is 2. The Morgan fingerprint density at radius 2 is 2.41 bits per heavy atom. The number of H-pyrrole nitrogens is 1. The van der Waals surface area contributed by atoms with Gasteiger partial charge in [-0.25, -0.2) is 4.98 Å². The van der Waals surface area contributed by atoms with Gasteiger partial charge in [0.2, 0.25) is 5.95 Å². The van der Waals surface area contributed by atoms with Crippen LogP contribution in [0.1, 0.15) is 6.42 Å². The fourth-order valence-electron chi connectivity index (χ4n) is 1.45. The molecule has 0 aliphatic rings. The molecule has 0 amide bonds. The molecule has 6 heteroatoms. The van der Waals surface area contributed by atoms with E-state index < -0.39 is 0 Å². The van der Waals surface area contributed by atoms with Gasteiger partial charge in [-0.2, -0.15) is 0 Å². The number of benzene rings is 1. The molecule has 2 rings (SSSR count). The zero-order valence-corrected chi connectivity index (χ0v) is 10.9. The van der Waals surface area contributed by atoms with Gasteiger partial charge >= 0.3 is 5.97 Å². The second-order valence-electron chi connectivity index (χ2n) is 3.50. The van der Waals surface area contributed by atoms with E-state index in [2.05, 4.69) is 36.0 Å². The lowest BCUT2D eigenvalue weighted by molar-refractivity contribution is -0.140. The summed E-state index contributed by atoms with van der Waals surface area (Å²) in [5.41, 5.74) is 1.83. The molecule has 5 nitrogen and oxygen atoms in total. The molecule has 1 aromatic carbocycles. The number of aromatic amines is 1. The highest BCUT2D eigenvalue weighted by molar-refractivity contribution is 9.10. The lowest BCUT2D eigenvalue weighted by atomic mass is 10.3. The molecule has 1 aromatic heterocycles. The van der Waals surface area contributed by atoms with E-state index in [4.69, 9.17) is 0 Å². The summed E-state index contributed by atoms with van der Waals surface area (Å²) in [6, 6.07) is 5.80. The minimum absolute atomic E-state index is 0.239. The second kappa shape index (κ2) is 5.18. The van der Waals surface area contributed by atoms with Gasteiger partial charge in [0.05, 0.1) is 24.6 Å². The topological polar surface area (TPSA) is 67.0 Å². The maximum absolute atomic E-state index is 10.9. The molecule has 0 bridgehead atoms. The smallest absolute Gasteiger partial charge is 0.307 e. The number of carbonyl (C=O) groups excluding carboxylic acids is 1. The van der Waals surface area contributed by atoms with E-state index in [1.165, 1.54) is 7.11 Å². The molecule has 17 heavy (non-hydrogen) atoms. The van der Waals surface area contributed by atoms with Gasteiger partial charge in [0.25, 0.3) is 0 Å². The second-order valence-corrected chi connectivity index (χ2v) is 4.42. The quantitative estimate of drug-likeness (QED) is 0.850. The number of nitrogens with one attached hydrogen (secondary N) is 2. The molecule has 0 saturated heterocycles. The van der Waals surface area contributed by atoms with Crippen molar-refractivity contribution in [1.29, 1.82) is 0 Å². The summed E-state index contributed by atoms with van der Waals surface area (Å²) in [5, 5.41) is 3.04. The van der Waals surface area contributed by atoms with Crippen molar-refractivity contribution in [2.45, 2.75) is 6.42 Å². The number of methoxy groups -OCH3 is 1. The predicted molar refractivity (Wildman–Crippen MR) is 68.9 cm³/mol. The van der Waals surface area contributed by atoms with Crippen molar-refractivity contribution in [1.82, 2.24) is 9.97 Å². The number of rotatable bonds is 4. The summed E-state index contributed by atoms with van der Waals surface area (Å²) in [6.45, 7) is 0.494. The van der Waals surface area contributed by atoms with Crippen molar-refractivity contribution in [2.75, 3.05) is 19.0 Å². The van der Waals surface area contributed by atoms with Crippen molar-refractivity contribution in [2.24, 2.45) is 0 Å². The maximum atomic E-state index is 10.9. The standard InChI is InChI=1S/C11H12BrN3O2/c1-17-10(16)4-5-13-11-14-8-3-2-7(12)6-9(8)15-11/h2-3,6H,4-5H2,1H3,(H2,13,14,15). The zero-order chi connectivity index (χ0) is 12.3. The first-order chi connectivity index (χ1) is 8.19. The maximum Gasteiger partial charge on any atom is 0.307 e. The summed E-state index contributed by atoms with van der Waals surface area (Å²) in [7, 11) is 1.38. The van der Waals surface area contributed by atoms with Gasteiger partial charge in [-0.05, 0) is 18.2 Å². The Kier molecular flexibility index (Phi) is 3.63. The number of imidazole rings is 1. The predicted octanol–water partition coefficient (Wildman–Crippen LogP) is 2.30. The van der Waals surface area contributed by atoms with E-state index in [0.29, 0.717) is 18.9 Å². The minimum atomic E-state index is -0.239. The van der Waals surface area contributed by atoms with Crippen molar-refractivity contribution < 1.29 is 9.53 Å². The van der Waals surface area contributed by atoms with Crippen LogP contribution in [-0.4, -0.2) is 29.6 Å². The third-order valence-electron chi connectivity index (χ3n) is 2.29. The molecule has 1 heterocycles. The Labute approximate surface area is 107 Å². The number of hydrogen-bond donors (Lipinski definition) is 2. The van der Waals surface area contributed by atoms with E-state index in [1.54, 1.807) is 0 Å². The van der Waals surface area contributed by atoms with Crippen LogP contribution in [0.25, 0.3) is 11.0 Å². The minimum Gasteiger partial charge on any atom is -0.469 e. The van der Waals surface area contributed by atoms with Crippen LogP contribution in [-0.2, 0) is 9.53 Å². The van der Waals surface area contributed by atoms with E-state index in [9.17, 15) is 4.79 Å². The lowest BCUT2D eigenvalue weighted by Gasteiger charge is -2.00.